The van der Waals surface area contributed by atoms with Gasteiger partial charge in [0, 0.05) is 0 Å². The molecule has 106 valence electrons. The third kappa shape index (κ3) is 3.18. The first-order chi connectivity index (χ1) is 8.48. The molecular weight excluding hydrogens is 278 g/mol. The van der Waals surface area contributed by atoms with Crippen molar-refractivity contribution in [3.8, 4) is 0 Å². The fraction of sp³-hybridized carbons (Fsp3) is 0.364. The van der Waals surface area contributed by atoms with E-state index in [4.69, 9.17) is 5.11 Å². The summed E-state index contributed by atoms with van der Waals surface area (Å²) in [5, 5.41) is 8.73. The summed E-state index contributed by atoms with van der Waals surface area (Å²) in [4.78, 5) is 10.8. The van der Waals surface area contributed by atoms with Crippen LogP contribution in [-0.2, 0) is 18.8 Å². The van der Waals surface area contributed by atoms with Gasteiger partial charge in [-0.15, -0.1) is 0 Å². The van der Waals surface area contributed by atoms with Gasteiger partial charge in [0.2, 0.25) is 0 Å². The molecule has 0 amide bonds. The highest BCUT2D eigenvalue weighted by molar-refractivity contribution is 5.90. The van der Waals surface area contributed by atoms with Crippen molar-refractivity contribution in [3.63, 3.8) is 0 Å². The van der Waals surface area contributed by atoms with Crippen LogP contribution in [0.2, 0.25) is 0 Å². The Hall–Kier alpha value is -1.73. The van der Waals surface area contributed by atoms with E-state index in [1.54, 1.807) is 0 Å². The van der Waals surface area contributed by atoms with E-state index in [-0.39, 0.29) is 24.1 Å². The fourth-order valence-corrected chi connectivity index (χ4v) is 1.61. The van der Waals surface area contributed by atoms with Gasteiger partial charge < -0.3 is 5.11 Å². The van der Waals surface area contributed by atoms with Crippen LogP contribution in [0.4, 0.5) is 26.3 Å². The molecule has 1 rings (SSSR count). The van der Waals surface area contributed by atoms with Crippen LogP contribution in [0.3, 0.4) is 0 Å². The average Bonchev–Trinajstić information content (AvgIpc) is 2.24. The molecule has 0 fully saturated rings. The highest BCUT2D eigenvalue weighted by Crippen LogP contribution is 2.41. The van der Waals surface area contributed by atoms with E-state index in [2.05, 4.69) is 0 Å². The molecule has 0 spiro atoms. The Bertz CT molecular complexity index is 501. The second-order valence-corrected chi connectivity index (χ2v) is 3.71. The molecule has 19 heavy (non-hydrogen) atoms. The smallest absolute Gasteiger partial charge is 0.417 e. The Morgan fingerprint density at radius 1 is 1.05 bits per heavy atom. The number of hydrogen-bond acceptors (Lipinski definition) is 1. The van der Waals surface area contributed by atoms with Crippen molar-refractivity contribution in [2.45, 2.75) is 25.7 Å². The number of rotatable bonds is 2. The van der Waals surface area contributed by atoms with E-state index < -0.39 is 35.0 Å². The van der Waals surface area contributed by atoms with Crippen LogP contribution in [0.15, 0.2) is 12.1 Å². The maximum absolute atomic E-state index is 12.6. The van der Waals surface area contributed by atoms with Crippen LogP contribution < -0.4 is 0 Å². The van der Waals surface area contributed by atoms with E-state index in [1.807, 2.05) is 0 Å². The summed E-state index contributed by atoms with van der Waals surface area (Å²) in [7, 11) is 0. The number of alkyl halides is 6. The summed E-state index contributed by atoms with van der Waals surface area (Å²) in [5.74, 6) is -1.70. The highest BCUT2D eigenvalue weighted by atomic mass is 19.4. The Morgan fingerprint density at radius 2 is 1.47 bits per heavy atom. The summed E-state index contributed by atoms with van der Waals surface area (Å²) in [5.41, 5.74) is -4.94. The molecular formula is C11H8F6O2. The maximum Gasteiger partial charge on any atom is 0.417 e. The lowest BCUT2D eigenvalue weighted by Gasteiger charge is -2.18. The summed E-state index contributed by atoms with van der Waals surface area (Å²) >= 11 is 0. The molecule has 0 saturated carbocycles. The lowest BCUT2D eigenvalue weighted by atomic mass is 9.96. The molecule has 1 N–H and O–H groups in total. The lowest BCUT2D eigenvalue weighted by molar-refractivity contribution is -0.162. The highest BCUT2D eigenvalue weighted by Gasteiger charge is 2.44. The van der Waals surface area contributed by atoms with Gasteiger partial charge in [0.1, 0.15) is 0 Å². The average molecular weight is 286 g/mol. The van der Waals surface area contributed by atoms with Crippen LogP contribution in [0.25, 0.3) is 0 Å². The van der Waals surface area contributed by atoms with Gasteiger partial charge in [-0.05, 0) is 24.1 Å². The first-order valence-corrected chi connectivity index (χ1v) is 5.03. The molecule has 0 aliphatic heterocycles. The van der Waals surface area contributed by atoms with Gasteiger partial charge in [-0.3, -0.25) is 0 Å². The number of carboxylic acids is 1. The zero-order valence-corrected chi connectivity index (χ0v) is 9.49. The van der Waals surface area contributed by atoms with E-state index in [0.29, 0.717) is 0 Å². The van der Waals surface area contributed by atoms with Crippen molar-refractivity contribution in [1.82, 2.24) is 0 Å². The normalized spacial score (nSPS) is 12.6. The minimum Gasteiger partial charge on any atom is -0.478 e. The van der Waals surface area contributed by atoms with Crippen molar-refractivity contribution in [2.75, 3.05) is 0 Å². The molecule has 0 bridgehead atoms. The molecule has 0 aromatic heterocycles. The molecule has 0 radical (unpaired) electrons. The van der Waals surface area contributed by atoms with E-state index in [9.17, 15) is 31.1 Å². The van der Waals surface area contributed by atoms with Crippen molar-refractivity contribution in [1.29, 1.82) is 0 Å². The third-order valence-corrected chi connectivity index (χ3v) is 2.47. The number of carboxylic acid groups (broad SMARTS) is 1. The summed E-state index contributed by atoms with van der Waals surface area (Å²) < 4.78 is 75.4. The van der Waals surface area contributed by atoms with Crippen LogP contribution >= 0.6 is 0 Å². The summed E-state index contributed by atoms with van der Waals surface area (Å²) in [6, 6.07) is 0.274. The monoisotopic (exact) mass is 286 g/mol. The molecule has 0 aliphatic carbocycles. The molecule has 8 heteroatoms. The molecule has 0 atom stereocenters. The van der Waals surface area contributed by atoms with Gasteiger partial charge in [0.25, 0.3) is 0 Å². The van der Waals surface area contributed by atoms with Gasteiger partial charge in [0.15, 0.2) is 0 Å². The molecule has 2 nitrogen and oxygen atoms in total. The van der Waals surface area contributed by atoms with E-state index >= 15 is 0 Å². The van der Waals surface area contributed by atoms with Crippen LogP contribution in [0.1, 0.15) is 34.0 Å². The summed E-state index contributed by atoms with van der Waals surface area (Å²) in [6.45, 7) is 1.36. The number of aryl methyl sites for hydroxylation is 1. The summed E-state index contributed by atoms with van der Waals surface area (Å²) in [6.07, 6.45) is -10.6. The Morgan fingerprint density at radius 3 is 1.79 bits per heavy atom. The zero-order valence-electron chi connectivity index (χ0n) is 9.49. The second-order valence-electron chi connectivity index (χ2n) is 3.71. The van der Waals surface area contributed by atoms with E-state index in [1.165, 1.54) is 6.92 Å². The van der Waals surface area contributed by atoms with Gasteiger partial charge in [-0.25, -0.2) is 4.79 Å². The number of hydrogen-bond donors (Lipinski definition) is 1. The SMILES string of the molecule is CCc1cc(C(F)(F)F)c(C(F)(F)F)cc1C(=O)O. The quantitative estimate of drug-likeness (QED) is 0.835. The Labute approximate surface area is 103 Å². The predicted octanol–water partition coefficient (Wildman–Crippen LogP) is 3.98. The first-order valence-electron chi connectivity index (χ1n) is 5.03. The maximum atomic E-state index is 12.6. The van der Waals surface area contributed by atoms with Crippen LogP contribution in [-0.4, -0.2) is 11.1 Å². The van der Waals surface area contributed by atoms with Crippen molar-refractivity contribution >= 4 is 5.97 Å². The number of carbonyl (C=O) groups is 1. The first kappa shape index (κ1) is 15.3. The lowest BCUT2D eigenvalue weighted by Crippen LogP contribution is -2.19. The molecule has 0 aliphatic rings. The van der Waals surface area contributed by atoms with Gasteiger partial charge >= 0.3 is 18.3 Å². The third-order valence-electron chi connectivity index (χ3n) is 2.47. The second kappa shape index (κ2) is 4.75. The van der Waals surface area contributed by atoms with E-state index in [0.717, 1.165) is 0 Å². The minimum atomic E-state index is -5.28. The van der Waals surface area contributed by atoms with Crippen molar-refractivity contribution < 1.29 is 36.2 Å². The fourth-order valence-electron chi connectivity index (χ4n) is 1.61. The zero-order chi connectivity index (χ0) is 15.0. The number of halogens is 6. The molecule has 0 unspecified atom stereocenters. The Balaban J connectivity index is 3.68. The van der Waals surface area contributed by atoms with Gasteiger partial charge in [-0.2, -0.15) is 26.3 Å². The number of benzene rings is 1. The van der Waals surface area contributed by atoms with Gasteiger partial charge in [0.05, 0.1) is 16.7 Å². The van der Waals surface area contributed by atoms with Crippen molar-refractivity contribution in [2.24, 2.45) is 0 Å². The minimum absolute atomic E-state index is 0.0317. The standard InChI is InChI=1S/C11H8F6O2/c1-2-5-3-7(10(12,13)14)8(11(15,16)17)4-6(5)9(18)19/h3-4H,2H2,1H3,(H,18,19). The molecule has 0 heterocycles. The molecule has 0 saturated heterocycles. The topological polar surface area (TPSA) is 37.3 Å². The van der Waals surface area contributed by atoms with Crippen LogP contribution in [0.5, 0.6) is 0 Å². The van der Waals surface area contributed by atoms with Gasteiger partial charge in [-0.1, -0.05) is 6.92 Å². The molecule has 1 aromatic carbocycles. The van der Waals surface area contributed by atoms with Crippen molar-refractivity contribution in [3.05, 3.63) is 34.4 Å². The predicted molar refractivity (Wildman–Crippen MR) is 52.8 cm³/mol. The van der Waals surface area contributed by atoms with Crippen LogP contribution in [0, 0.1) is 0 Å². The largest absolute Gasteiger partial charge is 0.478 e. The number of aromatic carboxylic acids is 1. The Kier molecular flexibility index (Phi) is 3.83. The molecule has 1 aromatic rings.